The Morgan fingerprint density at radius 3 is 2.32 bits per heavy atom. The van der Waals surface area contributed by atoms with Crippen molar-refractivity contribution in [3.05, 3.63) is 55.7 Å². The Morgan fingerprint density at radius 2 is 1.74 bits per heavy atom. The van der Waals surface area contributed by atoms with Crippen LogP contribution in [0.25, 0.3) is 0 Å². The summed E-state index contributed by atoms with van der Waals surface area (Å²) < 4.78 is 1.26. The van der Waals surface area contributed by atoms with E-state index < -0.39 is 17.2 Å². The molecule has 0 fully saturated rings. The van der Waals surface area contributed by atoms with Crippen molar-refractivity contribution in [1.82, 2.24) is 14.5 Å². The number of aromatic amines is 1. The van der Waals surface area contributed by atoms with Crippen LogP contribution in [-0.4, -0.2) is 46.4 Å². The summed E-state index contributed by atoms with van der Waals surface area (Å²) in [6, 6.07) is 7.29. The van der Waals surface area contributed by atoms with Gasteiger partial charge in [-0.1, -0.05) is 57.5 Å². The van der Waals surface area contributed by atoms with Crippen LogP contribution in [0.3, 0.4) is 0 Å². The zero-order chi connectivity index (χ0) is 25.6. The van der Waals surface area contributed by atoms with Crippen LogP contribution in [0.2, 0.25) is 5.02 Å². The second kappa shape index (κ2) is 11.9. The van der Waals surface area contributed by atoms with Gasteiger partial charge in [0, 0.05) is 31.6 Å². The monoisotopic (exact) mass is 491 g/mol. The Labute approximate surface area is 204 Å². The van der Waals surface area contributed by atoms with E-state index in [2.05, 4.69) is 4.98 Å². The van der Waals surface area contributed by atoms with E-state index in [9.17, 15) is 19.2 Å². The number of nitrogen functional groups attached to an aromatic ring is 1. The number of aromatic nitrogens is 2. The number of H-pyrrole nitrogens is 1. The molecular weight excluding hydrogens is 458 g/mol. The summed E-state index contributed by atoms with van der Waals surface area (Å²) in [5, 5.41) is 0.586. The van der Waals surface area contributed by atoms with Gasteiger partial charge in [0.25, 0.3) is 5.56 Å². The predicted molar refractivity (Wildman–Crippen MR) is 135 cm³/mol. The fraction of sp³-hybridized carbons (Fsp3) is 0.500. The molecule has 0 spiro atoms. The minimum absolute atomic E-state index is 0.00876. The van der Waals surface area contributed by atoms with Gasteiger partial charge in [0.2, 0.25) is 11.8 Å². The van der Waals surface area contributed by atoms with Gasteiger partial charge in [0.1, 0.15) is 5.82 Å². The average Bonchev–Trinajstić information content (AvgIpc) is 2.74. The predicted octanol–water partition coefficient (Wildman–Crippen LogP) is 2.51. The van der Waals surface area contributed by atoms with Crippen molar-refractivity contribution in [2.75, 3.05) is 30.8 Å². The number of rotatable bonds is 10. The summed E-state index contributed by atoms with van der Waals surface area (Å²) in [7, 11) is 1.54. The van der Waals surface area contributed by atoms with Crippen LogP contribution in [0.15, 0.2) is 33.9 Å². The molecular formula is C24H34ClN5O4. The first-order valence-electron chi connectivity index (χ1n) is 11.3. The smallest absolute Gasteiger partial charge is 0.330 e. The molecule has 0 saturated carbocycles. The van der Waals surface area contributed by atoms with Crippen molar-refractivity contribution < 1.29 is 9.59 Å². The molecule has 2 amide bonds. The molecule has 0 aliphatic heterocycles. The molecule has 34 heavy (non-hydrogen) atoms. The SMILES string of the molecule is CC(C)CN(C(=O)CN(C)C(=O)CCc1ccccc1Cl)c1c(N)n(CC(C)C)c(=O)[nH]c1=O. The number of carbonyl (C=O) groups is 2. The highest BCUT2D eigenvalue weighted by Crippen LogP contribution is 2.20. The molecule has 1 heterocycles. The number of nitrogens with zero attached hydrogens (tertiary/aromatic N) is 3. The third-order valence-corrected chi connectivity index (χ3v) is 5.61. The molecule has 1 aromatic heterocycles. The molecule has 2 rings (SSSR count). The fourth-order valence-corrected chi connectivity index (χ4v) is 3.81. The van der Waals surface area contributed by atoms with Crippen molar-refractivity contribution in [2.24, 2.45) is 11.8 Å². The molecule has 1 aromatic carbocycles. The lowest BCUT2D eigenvalue weighted by Crippen LogP contribution is -2.47. The zero-order valence-corrected chi connectivity index (χ0v) is 21.2. The minimum atomic E-state index is -0.732. The third-order valence-electron chi connectivity index (χ3n) is 5.24. The van der Waals surface area contributed by atoms with E-state index in [0.717, 1.165) is 5.56 Å². The highest BCUT2D eigenvalue weighted by Gasteiger charge is 2.27. The van der Waals surface area contributed by atoms with E-state index in [1.807, 2.05) is 45.9 Å². The lowest BCUT2D eigenvalue weighted by molar-refractivity contribution is -0.133. The number of hydrogen-bond acceptors (Lipinski definition) is 5. The maximum Gasteiger partial charge on any atom is 0.330 e. The van der Waals surface area contributed by atoms with E-state index >= 15 is 0 Å². The molecule has 0 aliphatic rings. The molecule has 9 nitrogen and oxygen atoms in total. The summed E-state index contributed by atoms with van der Waals surface area (Å²) in [6.07, 6.45) is 0.624. The highest BCUT2D eigenvalue weighted by atomic mass is 35.5. The molecule has 10 heteroatoms. The van der Waals surface area contributed by atoms with Crippen molar-refractivity contribution in [1.29, 1.82) is 0 Å². The number of benzene rings is 1. The van der Waals surface area contributed by atoms with Gasteiger partial charge in [-0.15, -0.1) is 0 Å². The molecule has 0 bridgehead atoms. The van der Waals surface area contributed by atoms with Gasteiger partial charge in [-0.3, -0.25) is 23.9 Å². The van der Waals surface area contributed by atoms with Crippen LogP contribution < -0.4 is 21.9 Å². The van der Waals surface area contributed by atoms with Gasteiger partial charge >= 0.3 is 5.69 Å². The minimum Gasteiger partial charge on any atom is -0.383 e. The molecule has 0 atom stereocenters. The highest BCUT2D eigenvalue weighted by molar-refractivity contribution is 6.31. The summed E-state index contributed by atoms with van der Waals surface area (Å²) in [5.41, 5.74) is 5.65. The Kier molecular flexibility index (Phi) is 9.49. The van der Waals surface area contributed by atoms with Gasteiger partial charge in [-0.25, -0.2) is 4.79 Å². The second-order valence-electron chi connectivity index (χ2n) is 9.24. The molecule has 0 aliphatic carbocycles. The quantitative estimate of drug-likeness (QED) is 0.528. The molecule has 2 aromatic rings. The third kappa shape index (κ3) is 6.96. The maximum absolute atomic E-state index is 13.3. The number of nitrogens with one attached hydrogen (secondary N) is 1. The Bertz CT molecular complexity index is 1140. The zero-order valence-electron chi connectivity index (χ0n) is 20.4. The number of anilines is 2. The number of amides is 2. The van der Waals surface area contributed by atoms with E-state index in [1.54, 1.807) is 6.07 Å². The summed E-state index contributed by atoms with van der Waals surface area (Å²) in [6.45, 7) is 7.87. The summed E-state index contributed by atoms with van der Waals surface area (Å²) >= 11 is 6.16. The number of aryl methyl sites for hydroxylation is 1. The van der Waals surface area contributed by atoms with Gasteiger partial charge in [-0.05, 0) is 29.9 Å². The van der Waals surface area contributed by atoms with E-state index in [-0.39, 0.29) is 48.8 Å². The van der Waals surface area contributed by atoms with E-state index in [1.165, 1.54) is 21.4 Å². The van der Waals surface area contributed by atoms with Crippen LogP contribution in [0, 0.1) is 11.8 Å². The van der Waals surface area contributed by atoms with Crippen LogP contribution in [-0.2, 0) is 22.6 Å². The number of carbonyl (C=O) groups excluding carboxylic acids is 2. The second-order valence-corrected chi connectivity index (χ2v) is 9.64. The van der Waals surface area contributed by atoms with Crippen LogP contribution in [0.1, 0.15) is 39.7 Å². The number of nitrogens with two attached hydrogens (primary N) is 1. The Hall–Kier alpha value is -3.07. The van der Waals surface area contributed by atoms with Crippen LogP contribution in [0.5, 0.6) is 0 Å². The molecule has 3 N–H and O–H groups in total. The van der Waals surface area contributed by atoms with Crippen molar-refractivity contribution in [2.45, 2.75) is 47.1 Å². The molecule has 186 valence electrons. The number of likely N-dealkylation sites (N-methyl/N-ethyl adjacent to an activating group) is 1. The molecule has 0 saturated heterocycles. The van der Waals surface area contributed by atoms with E-state index in [0.29, 0.717) is 18.0 Å². The van der Waals surface area contributed by atoms with Crippen LogP contribution in [0.4, 0.5) is 11.5 Å². The topological polar surface area (TPSA) is 121 Å². The number of halogens is 1. The largest absolute Gasteiger partial charge is 0.383 e. The first-order valence-corrected chi connectivity index (χ1v) is 11.7. The summed E-state index contributed by atoms with van der Waals surface area (Å²) in [4.78, 5) is 55.8. The standard InChI is InChI=1S/C24H34ClN5O4/c1-15(2)12-29(21-22(26)30(13-16(3)4)24(34)27-23(21)33)20(32)14-28(5)19(31)11-10-17-8-6-7-9-18(17)25/h6-9,15-16H,10-14,26H2,1-5H3,(H,27,33,34). The average molecular weight is 492 g/mol. The van der Waals surface area contributed by atoms with Gasteiger partial charge in [0.05, 0.1) is 6.54 Å². The van der Waals surface area contributed by atoms with E-state index in [4.69, 9.17) is 17.3 Å². The fourth-order valence-electron chi connectivity index (χ4n) is 3.58. The first kappa shape index (κ1) is 27.2. The van der Waals surface area contributed by atoms with Gasteiger partial charge < -0.3 is 15.5 Å². The van der Waals surface area contributed by atoms with Crippen molar-refractivity contribution >= 4 is 34.9 Å². The van der Waals surface area contributed by atoms with Crippen molar-refractivity contribution in [3.63, 3.8) is 0 Å². The van der Waals surface area contributed by atoms with Gasteiger partial charge in [-0.2, -0.15) is 0 Å². The normalized spacial score (nSPS) is 11.2. The lowest BCUT2D eigenvalue weighted by atomic mass is 10.1. The number of hydrogen-bond donors (Lipinski definition) is 2. The molecule has 0 unspecified atom stereocenters. The first-order chi connectivity index (χ1) is 15.9. The Balaban J connectivity index is 2.26. The van der Waals surface area contributed by atoms with Gasteiger partial charge in [0.15, 0.2) is 5.69 Å². The molecule has 0 radical (unpaired) electrons. The van der Waals surface area contributed by atoms with Crippen molar-refractivity contribution in [3.8, 4) is 0 Å². The lowest BCUT2D eigenvalue weighted by Gasteiger charge is -2.28. The van der Waals surface area contributed by atoms with Crippen LogP contribution >= 0.6 is 11.6 Å². The maximum atomic E-state index is 13.3. The Morgan fingerprint density at radius 1 is 1.09 bits per heavy atom. The summed E-state index contributed by atoms with van der Waals surface area (Å²) in [5.74, 6) is -0.660.